The second-order valence-corrected chi connectivity index (χ2v) is 4.63. The molecule has 1 heterocycles. The van der Waals surface area contributed by atoms with Crippen molar-refractivity contribution in [3.05, 3.63) is 29.8 Å². The summed E-state index contributed by atoms with van der Waals surface area (Å²) < 4.78 is 10.4. The fourth-order valence-electron chi connectivity index (χ4n) is 1.60. The normalized spacial score (nSPS) is 17.4. The molecular formula is C14H15NO4. The maximum absolute atomic E-state index is 11.5. The quantitative estimate of drug-likeness (QED) is 0.905. The van der Waals surface area contributed by atoms with E-state index >= 15 is 0 Å². The van der Waals surface area contributed by atoms with Crippen LogP contribution in [-0.2, 0) is 9.53 Å². The Kier molecular flexibility index (Phi) is 3.29. The number of aromatic hydroxyl groups is 1. The number of methoxy groups -OCH3 is 1. The van der Waals surface area contributed by atoms with Crippen molar-refractivity contribution >= 4 is 17.9 Å². The minimum Gasteiger partial charge on any atom is -0.504 e. The maximum Gasteiger partial charge on any atom is 0.292 e. The van der Waals surface area contributed by atoms with Crippen molar-refractivity contribution in [3.63, 3.8) is 0 Å². The Labute approximate surface area is 111 Å². The molecule has 19 heavy (non-hydrogen) atoms. The van der Waals surface area contributed by atoms with Crippen LogP contribution in [-0.4, -0.2) is 29.6 Å². The van der Waals surface area contributed by atoms with Crippen molar-refractivity contribution in [1.29, 1.82) is 0 Å². The van der Waals surface area contributed by atoms with Crippen molar-refractivity contribution in [2.75, 3.05) is 7.11 Å². The van der Waals surface area contributed by atoms with Gasteiger partial charge in [0, 0.05) is 6.08 Å². The first-order valence-corrected chi connectivity index (χ1v) is 5.79. The number of nitrogens with zero attached hydrogens (tertiary/aromatic N) is 1. The Bertz CT molecular complexity index is 573. The lowest BCUT2D eigenvalue weighted by Crippen LogP contribution is -2.28. The van der Waals surface area contributed by atoms with Crippen molar-refractivity contribution in [2.45, 2.75) is 19.4 Å². The molecule has 1 aromatic carbocycles. The Morgan fingerprint density at radius 2 is 2.11 bits per heavy atom. The van der Waals surface area contributed by atoms with Gasteiger partial charge in [0.15, 0.2) is 17.1 Å². The lowest BCUT2D eigenvalue weighted by atomic mass is 10.1. The highest BCUT2D eigenvalue weighted by Gasteiger charge is 2.36. The number of aliphatic imine (C=N–C) groups is 1. The molecule has 2 rings (SSSR count). The summed E-state index contributed by atoms with van der Waals surface area (Å²) in [6, 6.07) is 4.93. The summed E-state index contributed by atoms with van der Waals surface area (Å²) in [5, 5.41) is 9.48. The van der Waals surface area contributed by atoms with Crippen LogP contribution in [0.4, 0.5) is 0 Å². The SMILES string of the molecule is COc1cc(C=CC2=NC(=O)C(C)(C)O2)ccc1O. The molecule has 5 nitrogen and oxygen atoms in total. The van der Waals surface area contributed by atoms with E-state index in [2.05, 4.69) is 4.99 Å². The fraction of sp³-hybridized carbons (Fsp3) is 0.286. The predicted octanol–water partition coefficient (Wildman–Crippen LogP) is 2.15. The molecule has 0 saturated heterocycles. The van der Waals surface area contributed by atoms with Crippen LogP contribution < -0.4 is 4.74 Å². The van der Waals surface area contributed by atoms with Gasteiger partial charge in [-0.1, -0.05) is 6.07 Å². The summed E-state index contributed by atoms with van der Waals surface area (Å²) in [6.45, 7) is 3.34. The molecule has 5 heteroatoms. The van der Waals surface area contributed by atoms with Crippen LogP contribution in [0.15, 0.2) is 29.3 Å². The Balaban J connectivity index is 2.16. The number of carbonyl (C=O) groups is 1. The molecule has 0 saturated carbocycles. The molecule has 1 aromatic rings. The van der Waals surface area contributed by atoms with Gasteiger partial charge in [-0.25, -0.2) is 0 Å². The third-order valence-corrected chi connectivity index (χ3v) is 2.71. The molecule has 0 unspecified atom stereocenters. The zero-order chi connectivity index (χ0) is 14.0. The van der Waals surface area contributed by atoms with E-state index in [0.717, 1.165) is 5.56 Å². The van der Waals surface area contributed by atoms with Crippen LogP contribution in [0.25, 0.3) is 6.08 Å². The van der Waals surface area contributed by atoms with Gasteiger partial charge in [0.05, 0.1) is 7.11 Å². The van der Waals surface area contributed by atoms with Gasteiger partial charge in [-0.15, -0.1) is 0 Å². The average Bonchev–Trinajstić information content (AvgIpc) is 2.62. The van der Waals surface area contributed by atoms with E-state index in [1.165, 1.54) is 13.2 Å². The predicted molar refractivity (Wildman–Crippen MR) is 71.3 cm³/mol. The molecule has 0 atom stereocenters. The summed E-state index contributed by atoms with van der Waals surface area (Å²) in [6.07, 6.45) is 3.34. The highest BCUT2D eigenvalue weighted by atomic mass is 16.5. The van der Waals surface area contributed by atoms with Crippen LogP contribution in [0.5, 0.6) is 11.5 Å². The first-order chi connectivity index (χ1) is 8.92. The molecule has 1 aliphatic heterocycles. The van der Waals surface area contributed by atoms with Gasteiger partial charge in [-0.2, -0.15) is 4.99 Å². The van der Waals surface area contributed by atoms with E-state index in [9.17, 15) is 9.90 Å². The minimum absolute atomic E-state index is 0.0745. The molecule has 1 aliphatic rings. The van der Waals surface area contributed by atoms with Crippen molar-refractivity contribution in [3.8, 4) is 11.5 Å². The van der Waals surface area contributed by atoms with Crippen LogP contribution in [0, 0.1) is 0 Å². The number of hydrogen-bond donors (Lipinski definition) is 1. The van der Waals surface area contributed by atoms with Gasteiger partial charge in [0.2, 0.25) is 5.90 Å². The monoisotopic (exact) mass is 261 g/mol. The number of hydrogen-bond acceptors (Lipinski definition) is 4. The van der Waals surface area contributed by atoms with Crippen molar-refractivity contribution < 1.29 is 19.4 Å². The van der Waals surface area contributed by atoms with E-state index in [1.807, 2.05) is 0 Å². The zero-order valence-corrected chi connectivity index (χ0v) is 11.0. The van der Waals surface area contributed by atoms with Crippen LogP contribution >= 0.6 is 0 Å². The van der Waals surface area contributed by atoms with Gasteiger partial charge < -0.3 is 14.6 Å². The average molecular weight is 261 g/mol. The number of ether oxygens (including phenoxy) is 2. The topological polar surface area (TPSA) is 68.1 Å². The third-order valence-electron chi connectivity index (χ3n) is 2.71. The summed E-state index contributed by atoms with van der Waals surface area (Å²) in [4.78, 5) is 15.3. The largest absolute Gasteiger partial charge is 0.504 e. The van der Waals surface area contributed by atoms with Gasteiger partial charge >= 0.3 is 0 Å². The standard InChI is InChI=1S/C14H15NO4/c1-14(2)13(17)15-12(19-14)7-5-9-4-6-10(16)11(8-9)18-3/h4-8,16H,1-3H3. The van der Waals surface area contributed by atoms with Crippen molar-refractivity contribution in [2.24, 2.45) is 4.99 Å². The molecule has 0 bridgehead atoms. The second kappa shape index (κ2) is 4.76. The number of phenols is 1. The number of amides is 1. The molecule has 1 N–H and O–H groups in total. The number of rotatable bonds is 3. The molecule has 100 valence electrons. The summed E-state index contributed by atoms with van der Waals surface area (Å²) in [5.74, 6) is 0.440. The van der Waals surface area contributed by atoms with E-state index in [1.54, 1.807) is 38.1 Å². The van der Waals surface area contributed by atoms with E-state index in [-0.39, 0.29) is 17.6 Å². The minimum atomic E-state index is -0.897. The molecular weight excluding hydrogens is 246 g/mol. The molecule has 0 fully saturated rings. The molecule has 0 aliphatic carbocycles. The smallest absolute Gasteiger partial charge is 0.292 e. The highest BCUT2D eigenvalue weighted by molar-refractivity contribution is 6.07. The van der Waals surface area contributed by atoms with E-state index in [4.69, 9.17) is 9.47 Å². The Morgan fingerprint density at radius 3 is 2.68 bits per heavy atom. The first-order valence-electron chi connectivity index (χ1n) is 5.79. The number of phenolic OH excluding ortho intramolecular Hbond substituents is 1. The molecule has 0 spiro atoms. The maximum atomic E-state index is 11.5. The summed E-state index contributed by atoms with van der Waals surface area (Å²) in [5.41, 5.74) is -0.0927. The van der Waals surface area contributed by atoms with Crippen LogP contribution in [0.3, 0.4) is 0 Å². The lowest BCUT2D eigenvalue weighted by Gasteiger charge is -2.13. The van der Waals surface area contributed by atoms with Gasteiger partial charge in [-0.3, -0.25) is 4.79 Å². The first kappa shape index (κ1) is 13.1. The lowest BCUT2D eigenvalue weighted by molar-refractivity contribution is -0.128. The molecule has 0 radical (unpaired) electrons. The van der Waals surface area contributed by atoms with Gasteiger partial charge in [-0.05, 0) is 37.6 Å². The van der Waals surface area contributed by atoms with Gasteiger partial charge in [0.25, 0.3) is 5.91 Å². The fourth-order valence-corrected chi connectivity index (χ4v) is 1.60. The highest BCUT2D eigenvalue weighted by Crippen LogP contribution is 2.27. The second-order valence-electron chi connectivity index (χ2n) is 4.63. The Morgan fingerprint density at radius 1 is 1.37 bits per heavy atom. The summed E-state index contributed by atoms with van der Waals surface area (Å²) >= 11 is 0. The van der Waals surface area contributed by atoms with Crippen LogP contribution in [0.1, 0.15) is 19.4 Å². The van der Waals surface area contributed by atoms with E-state index in [0.29, 0.717) is 5.75 Å². The van der Waals surface area contributed by atoms with Crippen molar-refractivity contribution in [1.82, 2.24) is 0 Å². The molecule has 1 amide bonds. The molecule has 0 aromatic heterocycles. The number of benzene rings is 1. The van der Waals surface area contributed by atoms with E-state index < -0.39 is 5.60 Å². The van der Waals surface area contributed by atoms with Crippen LogP contribution in [0.2, 0.25) is 0 Å². The Hall–Kier alpha value is -2.30. The number of carbonyl (C=O) groups excluding carboxylic acids is 1. The summed E-state index contributed by atoms with van der Waals surface area (Å²) in [7, 11) is 1.48. The van der Waals surface area contributed by atoms with Gasteiger partial charge in [0.1, 0.15) is 0 Å². The third kappa shape index (κ3) is 2.76. The zero-order valence-electron chi connectivity index (χ0n) is 11.0.